The van der Waals surface area contributed by atoms with Crippen molar-refractivity contribution in [3.8, 4) is 0 Å². The number of carbonyl (C=O) groups is 1. The van der Waals surface area contributed by atoms with Crippen LogP contribution in [0, 0.1) is 6.92 Å². The highest BCUT2D eigenvalue weighted by molar-refractivity contribution is 6.03. The van der Waals surface area contributed by atoms with E-state index in [1.807, 2.05) is 13.8 Å². The van der Waals surface area contributed by atoms with E-state index < -0.39 is 17.6 Å². The second-order valence-corrected chi connectivity index (χ2v) is 5.55. The van der Waals surface area contributed by atoms with Crippen LogP contribution in [0.25, 0.3) is 0 Å². The number of nitrogens with zero attached hydrogens (tertiary/aromatic N) is 2. The Kier molecular flexibility index (Phi) is 5.06. The van der Waals surface area contributed by atoms with E-state index >= 15 is 0 Å². The highest BCUT2D eigenvalue weighted by Crippen LogP contribution is 2.29. The smallest absolute Gasteiger partial charge is 0.352 e. The fraction of sp³-hybridized carbons (Fsp3) is 0.312. The van der Waals surface area contributed by atoms with Gasteiger partial charge in [-0.2, -0.15) is 13.2 Å². The van der Waals surface area contributed by atoms with E-state index in [1.54, 1.807) is 6.92 Å². The van der Waals surface area contributed by atoms with Gasteiger partial charge in [0.2, 0.25) is 5.95 Å². The molecule has 0 fully saturated rings. The topological polar surface area (TPSA) is 66.9 Å². The van der Waals surface area contributed by atoms with Crippen molar-refractivity contribution in [3.63, 3.8) is 0 Å². The maximum absolute atomic E-state index is 12.5. The van der Waals surface area contributed by atoms with Gasteiger partial charge in [0.05, 0.1) is 5.56 Å². The van der Waals surface area contributed by atoms with Crippen LogP contribution in [0.1, 0.15) is 35.6 Å². The molecule has 0 aliphatic heterocycles. The van der Waals surface area contributed by atoms with Crippen LogP contribution in [0.4, 0.5) is 24.8 Å². The summed E-state index contributed by atoms with van der Waals surface area (Å²) in [6, 6.07) is 5.81. The molecule has 0 saturated carbocycles. The molecule has 128 valence electrons. The Hall–Kier alpha value is -2.64. The normalized spacial score (nSPS) is 11.5. The molecule has 0 aliphatic rings. The minimum Gasteiger partial charge on any atom is -0.352 e. The number of alkyl halides is 3. The molecular weight excluding hydrogens is 321 g/mol. The third kappa shape index (κ3) is 4.68. The lowest BCUT2D eigenvalue weighted by atomic mass is 10.2. The van der Waals surface area contributed by atoms with Gasteiger partial charge in [-0.05, 0) is 51.1 Å². The van der Waals surface area contributed by atoms with Gasteiger partial charge in [-0.1, -0.05) is 0 Å². The molecule has 8 heteroatoms. The monoisotopic (exact) mass is 338 g/mol. The number of aryl methyl sites for hydroxylation is 1. The van der Waals surface area contributed by atoms with E-state index in [9.17, 15) is 18.0 Å². The molecule has 0 aliphatic carbocycles. The Balaban J connectivity index is 2.16. The number of nitrogens with one attached hydrogen (secondary N) is 2. The molecular formula is C16H17F3N4O. The van der Waals surface area contributed by atoms with Gasteiger partial charge in [0.25, 0.3) is 5.91 Å². The zero-order chi connectivity index (χ0) is 17.9. The first-order chi connectivity index (χ1) is 11.1. The Morgan fingerprint density at radius 1 is 1.12 bits per heavy atom. The molecule has 0 spiro atoms. The van der Waals surface area contributed by atoms with Crippen molar-refractivity contribution in [1.29, 1.82) is 0 Å². The van der Waals surface area contributed by atoms with E-state index in [1.165, 1.54) is 18.2 Å². The Bertz CT molecular complexity index is 727. The number of benzene rings is 1. The quantitative estimate of drug-likeness (QED) is 0.888. The average Bonchev–Trinajstić information content (AvgIpc) is 2.45. The molecule has 0 unspecified atom stereocenters. The maximum atomic E-state index is 12.5. The van der Waals surface area contributed by atoms with Crippen LogP contribution in [-0.2, 0) is 6.18 Å². The summed E-state index contributed by atoms with van der Waals surface area (Å²) in [5.74, 6) is -0.199. The Morgan fingerprint density at radius 3 is 2.29 bits per heavy atom. The van der Waals surface area contributed by atoms with Crippen LogP contribution in [0.5, 0.6) is 0 Å². The number of halogens is 3. The van der Waals surface area contributed by atoms with E-state index in [4.69, 9.17) is 0 Å². The third-order valence-electron chi connectivity index (χ3n) is 2.97. The summed E-state index contributed by atoms with van der Waals surface area (Å²) >= 11 is 0. The minimum atomic E-state index is -4.41. The number of amides is 1. The van der Waals surface area contributed by atoms with Gasteiger partial charge in [-0.15, -0.1) is 0 Å². The predicted octanol–water partition coefficient (Wildman–Crippen LogP) is 3.88. The van der Waals surface area contributed by atoms with Gasteiger partial charge in [0.15, 0.2) is 0 Å². The van der Waals surface area contributed by atoms with Gasteiger partial charge < -0.3 is 10.6 Å². The van der Waals surface area contributed by atoms with Crippen molar-refractivity contribution in [2.75, 3.05) is 10.6 Å². The van der Waals surface area contributed by atoms with Gasteiger partial charge in [-0.3, -0.25) is 4.79 Å². The molecule has 2 aromatic rings. The molecule has 2 N–H and O–H groups in total. The van der Waals surface area contributed by atoms with Crippen molar-refractivity contribution in [1.82, 2.24) is 9.97 Å². The molecule has 1 amide bonds. The first-order valence-corrected chi connectivity index (χ1v) is 7.26. The molecule has 0 atom stereocenters. The van der Waals surface area contributed by atoms with E-state index in [-0.39, 0.29) is 17.4 Å². The first-order valence-electron chi connectivity index (χ1n) is 7.26. The molecule has 1 aromatic heterocycles. The molecule has 2 rings (SSSR count). The molecule has 1 heterocycles. The number of carbonyl (C=O) groups excluding carboxylic acids is 1. The zero-order valence-corrected chi connectivity index (χ0v) is 13.4. The third-order valence-corrected chi connectivity index (χ3v) is 2.97. The minimum absolute atomic E-state index is 0.0950. The summed E-state index contributed by atoms with van der Waals surface area (Å²) < 4.78 is 37.6. The van der Waals surface area contributed by atoms with Crippen LogP contribution in [0.15, 0.2) is 30.3 Å². The van der Waals surface area contributed by atoms with Crippen molar-refractivity contribution < 1.29 is 18.0 Å². The number of aromatic nitrogens is 2. The van der Waals surface area contributed by atoms with Crippen molar-refractivity contribution in [3.05, 3.63) is 47.3 Å². The van der Waals surface area contributed by atoms with E-state index in [2.05, 4.69) is 20.6 Å². The van der Waals surface area contributed by atoms with Crippen LogP contribution >= 0.6 is 0 Å². The predicted molar refractivity (Wildman–Crippen MR) is 84.9 cm³/mol. The van der Waals surface area contributed by atoms with Crippen LogP contribution < -0.4 is 10.6 Å². The van der Waals surface area contributed by atoms with Crippen molar-refractivity contribution in [2.45, 2.75) is 33.0 Å². The highest BCUT2D eigenvalue weighted by atomic mass is 19.4. The summed E-state index contributed by atoms with van der Waals surface area (Å²) in [6.07, 6.45) is -4.41. The summed E-state index contributed by atoms with van der Waals surface area (Å²) in [5.41, 5.74) is 0.209. The molecule has 0 radical (unpaired) electrons. The second-order valence-electron chi connectivity index (χ2n) is 5.55. The zero-order valence-electron chi connectivity index (χ0n) is 13.4. The van der Waals surface area contributed by atoms with Crippen molar-refractivity contribution in [2.24, 2.45) is 0 Å². The van der Waals surface area contributed by atoms with E-state index in [0.29, 0.717) is 11.6 Å². The standard InChI is InChI=1S/C16H17F3N4O/c1-9(2)20-15-21-10(3)8-13(23-15)14(24)22-12-6-4-11(5-7-12)16(17,18)19/h4-9H,1-3H3,(H,22,24)(H,20,21,23). The van der Waals surface area contributed by atoms with Crippen molar-refractivity contribution >= 4 is 17.5 Å². The van der Waals surface area contributed by atoms with Gasteiger partial charge in [0.1, 0.15) is 5.69 Å². The summed E-state index contributed by atoms with van der Waals surface area (Å²) in [7, 11) is 0. The molecule has 1 aromatic carbocycles. The summed E-state index contributed by atoms with van der Waals surface area (Å²) in [4.78, 5) is 20.5. The average molecular weight is 338 g/mol. The molecule has 24 heavy (non-hydrogen) atoms. The SMILES string of the molecule is Cc1cc(C(=O)Nc2ccc(C(F)(F)F)cc2)nc(NC(C)C)n1. The van der Waals surface area contributed by atoms with Gasteiger partial charge in [0, 0.05) is 17.4 Å². The van der Waals surface area contributed by atoms with Crippen LogP contribution in [0.2, 0.25) is 0 Å². The van der Waals surface area contributed by atoms with Crippen LogP contribution in [-0.4, -0.2) is 21.9 Å². The summed E-state index contributed by atoms with van der Waals surface area (Å²) in [6.45, 7) is 5.55. The Labute approximate surface area is 137 Å². The second kappa shape index (κ2) is 6.86. The molecule has 0 saturated heterocycles. The number of rotatable bonds is 4. The fourth-order valence-electron chi connectivity index (χ4n) is 1.95. The van der Waals surface area contributed by atoms with Crippen LogP contribution in [0.3, 0.4) is 0 Å². The lowest BCUT2D eigenvalue weighted by Crippen LogP contribution is -2.18. The fourth-order valence-corrected chi connectivity index (χ4v) is 1.95. The molecule has 5 nitrogen and oxygen atoms in total. The largest absolute Gasteiger partial charge is 0.416 e. The van der Waals surface area contributed by atoms with E-state index in [0.717, 1.165) is 12.1 Å². The summed E-state index contributed by atoms with van der Waals surface area (Å²) in [5, 5.41) is 5.52. The lowest BCUT2D eigenvalue weighted by Gasteiger charge is -2.11. The van der Waals surface area contributed by atoms with Gasteiger partial charge >= 0.3 is 6.18 Å². The number of hydrogen-bond acceptors (Lipinski definition) is 4. The van der Waals surface area contributed by atoms with Gasteiger partial charge in [-0.25, -0.2) is 9.97 Å². The first kappa shape index (κ1) is 17.7. The number of anilines is 2. The maximum Gasteiger partial charge on any atom is 0.416 e. The Morgan fingerprint density at radius 2 is 1.75 bits per heavy atom. The highest BCUT2D eigenvalue weighted by Gasteiger charge is 2.30. The lowest BCUT2D eigenvalue weighted by molar-refractivity contribution is -0.137. The molecule has 0 bridgehead atoms. The number of hydrogen-bond donors (Lipinski definition) is 2.